The van der Waals surface area contributed by atoms with Crippen LogP contribution in [-0.4, -0.2) is 43.0 Å². The van der Waals surface area contributed by atoms with Crippen LogP contribution in [-0.2, 0) is 36.7 Å². The highest BCUT2D eigenvalue weighted by molar-refractivity contribution is 7.17. The van der Waals surface area contributed by atoms with Gasteiger partial charge in [-0.25, -0.2) is 9.59 Å². The second kappa shape index (κ2) is 10.3. The molecular weight excluding hydrogens is 420 g/mol. The molecule has 1 aliphatic rings. The summed E-state index contributed by atoms with van der Waals surface area (Å²) in [5, 5.41) is 5.68. The molecule has 8 nitrogen and oxygen atoms in total. The Bertz CT molecular complexity index is 855. The first-order chi connectivity index (χ1) is 14.4. The first kappa shape index (κ1) is 24.8. The number of esters is 2. The van der Waals surface area contributed by atoms with E-state index in [2.05, 4.69) is 17.6 Å². The van der Waals surface area contributed by atoms with Crippen molar-refractivity contribution in [2.45, 2.75) is 66.8 Å². The van der Waals surface area contributed by atoms with Gasteiger partial charge in [-0.05, 0) is 44.6 Å². The average Bonchev–Trinajstić information content (AvgIpc) is 3.02. The molecule has 2 N–H and O–H groups in total. The first-order valence-electron chi connectivity index (χ1n) is 10.5. The monoisotopic (exact) mass is 452 g/mol. The summed E-state index contributed by atoms with van der Waals surface area (Å²) in [5.41, 5.74) is 0.692. The number of hydrogen-bond donors (Lipinski definition) is 2. The van der Waals surface area contributed by atoms with E-state index in [-0.39, 0.29) is 12.5 Å². The van der Waals surface area contributed by atoms with Gasteiger partial charge in [0.25, 0.3) is 5.91 Å². The summed E-state index contributed by atoms with van der Waals surface area (Å²) in [6.45, 7) is 10.3. The van der Waals surface area contributed by atoms with E-state index in [1.807, 2.05) is 0 Å². The predicted molar refractivity (Wildman–Crippen MR) is 118 cm³/mol. The molecule has 1 aromatic rings. The van der Waals surface area contributed by atoms with Crippen LogP contribution >= 0.6 is 11.3 Å². The normalized spacial score (nSPS) is 16.6. The van der Waals surface area contributed by atoms with Gasteiger partial charge in [-0.2, -0.15) is 0 Å². The summed E-state index contributed by atoms with van der Waals surface area (Å²) in [6.07, 6.45) is 2.58. The van der Waals surface area contributed by atoms with Gasteiger partial charge in [0.1, 0.15) is 11.0 Å². The van der Waals surface area contributed by atoms with Crippen molar-refractivity contribution in [1.82, 2.24) is 5.32 Å². The molecule has 0 fully saturated rings. The fraction of sp³-hybridized carbons (Fsp3) is 0.636. The van der Waals surface area contributed by atoms with E-state index < -0.39 is 35.9 Å². The van der Waals surface area contributed by atoms with Crippen molar-refractivity contribution >= 4 is 40.1 Å². The molecule has 2 atom stereocenters. The van der Waals surface area contributed by atoms with Crippen LogP contribution in [0.5, 0.6) is 0 Å². The van der Waals surface area contributed by atoms with E-state index in [4.69, 9.17) is 9.47 Å². The predicted octanol–water partition coefficient (Wildman–Crippen LogP) is 3.08. The number of nitrogens with one attached hydrogen (secondary N) is 2. The maximum atomic E-state index is 12.5. The number of thiophene rings is 1. The summed E-state index contributed by atoms with van der Waals surface area (Å²) >= 11 is 1.37. The number of anilines is 1. The van der Waals surface area contributed by atoms with E-state index in [1.54, 1.807) is 27.7 Å². The molecule has 1 aliphatic carbocycles. The van der Waals surface area contributed by atoms with Crippen molar-refractivity contribution in [2.24, 2.45) is 11.3 Å². The molecule has 9 heteroatoms. The fourth-order valence-electron chi connectivity index (χ4n) is 3.15. The van der Waals surface area contributed by atoms with Crippen LogP contribution in [0.15, 0.2) is 0 Å². The van der Waals surface area contributed by atoms with Crippen molar-refractivity contribution in [2.75, 3.05) is 18.5 Å². The highest BCUT2D eigenvalue weighted by Gasteiger charge is 2.30. The van der Waals surface area contributed by atoms with Crippen LogP contribution in [0.3, 0.4) is 0 Å². The lowest BCUT2D eigenvalue weighted by Gasteiger charge is -2.20. The number of ether oxygens (including phenoxy) is 2. The maximum Gasteiger partial charge on any atom is 0.341 e. The second-order valence-electron chi connectivity index (χ2n) is 8.88. The van der Waals surface area contributed by atoms with Gasteiger partial charge in [0.15, 0.2) is 6.61 Å². The third kappa shape index (κ3) is 6.53. The minimum Gasteiger partial charge on any atom is -0.462 e. The minimum atomic E-state index is -0.884. The van der Waals surface area contributed by atoms with E-state index in [9.17, 15) is 19.2 Å². The molecule has 0 aliphatic heterocycles. The Morgan fingerprint density at radius 1 is 1.19 bits per heavy atom. The zero-order chi connectivity index (χ0) is 23.3. The second-order valence-corrected chi connectivity index (χ2v) is 9.98. The van der Waals surface area contributed by atoms with Crippen LogP contribution in [0.2, 0.25) is 0 Å². The largest absolute Gasteiger partial charge is 0.462 e. The van der Waals surface area contributed by atoms with Crippen molar-refractivity contribution < 1.29 is 28.7 Å². The third-order valence-corrected chi connectivity index (χ3v) is 6.14. The Labute approximate surface area is 187 Å². The van der Waals surface area contributed by atoms with Crippen molar-refractivity contribution in [3.63, 3.8) is 0 Å². The van der Waals surface area contributed by atoms with Gasteiger partial charge in [0, 0.05) is 10.3 Å². The smallest absolute Gasteiger partial charge is 0.341 e. The Hall–Kier alpha value is -2.42. The number of carbonyl (C=O) groups is 4. The van der Waals surface area contributed by atoms with Gasteiger partial charge in [-0.3, -0.25) is 9.59 Å². The van der Waals surface area contributed by atoms with Gasteiger partial charge < -0.3 is 20.1 Å². The Morgan fingerprint density at radius 2 is 1.87 bits per heavy atom. The molecule has 0 spiro atoms. The molecular formula is C22H32N2O6S. The van der Waals surface area contributed by atoms with Gasteiger partial charge in [-0.15, -0.1) is 11.3 Å². The van der Waals surface area contributed by atoms with E-state index in [0.717, 1.165) is 29.7 Å². The zero-order valence-electron chi connectivity index (χ0n) is 19.0. The van der Waals surface area contributed by atoms with Crippen molar-refractivity contribution in [3.8, 4) is 0 Å². The highest BCUT2D eigenvalue weighted by Crippen LogP contribution is 2.40. The maximum absolute atomic E-state index is 12.5. The summed E-state index contributed by atoms with van der Waals surface area (Å²) < 4.78 is 10.2. The van der Waals surface area contributed by atoms with Crippen LogP contribution in [0, 0.1) is 11.3 Å². The molecule has 0 radical (unpaired) electrons. The summed E-state index contributed by atoms with van der Waals surface area (Å²) in [7, 11) is 0. The molecule has 31 heavy (non-hydrogen) atoms. The van der Waals surface area contributed by atoms with Crippen LogP contribution in [0.1, 0.15) is 68.8 Å². The van der Waals surface area contributed by atoms with Gasteiger partial charge >= 0.3 is 11.9 Å². The summed E-state index contributed by atoms with van der Waals surface area (Å²) in [4.78, 5) is 50.1. The summed E-state index contributed by atoms with van der Waals surface area (Å²) in [5.74, 6) is -1.51. The standard InChI is InChI=1S/C22H32N2O6S/c1-7-29-20(27)17-14-9-8-12(2)10-15(14)31-18(17)24-16(25)11-30-19(26)13(3)23-21(28)22(4,5)6/h12-13H,7-11H2,1-6H3,(H,23,28)(H,24,25)/t12-,13-/m0/s1. The number of amides is 2. The molecule has 0 saturated carbocycles. The van der Waals surface area contributed by atoms with E-state index >= 15 is 0 Å². The van der Waals surface area contributed by atoms with E-state index in [1.165, 1.54) is 18.3 Å². The Morgan fingerprint density at radius 3 is 2.48 bits per heavy atom. The quantitative estimate of drug-likeness (QED) is 0.615. The first-order valence-corrected chi connectivity index (χ1v) is 11.3. The molecule has 0 aromatic carbocycles. The fourth-order valence-corrected chi connectivity index (χ4v) is 4.57. The van der Waals surface area contributed by atoms with Gasteiger partial charge in [-0.1, -0.05) is 27.7 Å². The number of rotatable bonds is 7. The molecule has 0 saturated heterocycles. The lowest BCUT2D eigenvalue weighted by atomic mass is 9.88. The highest BCUT2D eigenvalue weighted by atomic mass is 32.1. The average molecular weight is 453 g/mol. The Kier molecular flexibility index (Phi) is 8.22. The molecule has 2 amide bonds. The Balaban J connectivity index is 2.02. The van der Waals surface area contributed by atoms with Gasteiger partial charge in [0.05, 0.1) is 12.2 Å². The van der Waals surface area contributed by atoms with Crippen LogP contribution in [0.4, 0.5) is 5.00 Å². The SMILES string of the molecule is CCOC(=O)c1c(NC(=O)COC(=O)[C@H](C)NC(=O)C(C)(C)C)sc2c1CC[C@H](C)C2. The topological polar surface area (TPSA) is 111 Å². The molecule has 172 valence electrons. The lowest BCUT2D eigenvalue weighted by molar-refractivity contribution is -0.150. The molecule has 1 heterocycles. The van der Waals surface area contributed by atoms with Crippen molar-refractivity contribution in [1.29, 1.82) is 0 Å². The number of fused-ring (bicyclic) bond motifs is 1. The third-order valence-electron chi connectivity index (χ3n) is 4.97. The van der Waals surface area contributed by atoms with Crippen LogP contribution in [0.25, 0.3) is 0 Å². The number of carbonyl (C=O) groups excluding carboxylic acids is 4. The number of hydrogen-bond acceptors (Lipinski definition) is 7. The molecule has 1 aromatic heterocycles. The van der Waals surface area contributed by atoms with Crippen molar-refractivity contribution in [3.05, 3.63) is 16.0 Å². The zero-order valence-corrected chi connectivity index (χ0v) is 19.9. The lowest BCUT2D eigenvalue weighted by Crippen LogP contribution is -2.45. The molecule has 0 bridgehead atoms. The summed E-state index contributed by atoms with van der Waals surface area (Å²) in [6, 6.07) is -0.884. The molecule has 0 unspecified atom stereocenters. The van der Waals surface area contributed by atoms with E-state index in [0.29, 0.717) is 16.5 Å². The van der Waals surface area contributed by atoms with Crippen LogP contribution < -0.4 is 10.6 Å². The molecule has 2 rings (SSSR count). The minimum absolute atomic E-state index is 0.239. The van der Waals surface area contributed by atoms with Gasteiger partial charge in [0.2, 0.25) is 5.91 Å².